The van der Waals surface area contributed by atoms with Crippen molar-refractivity contribution >= 4 is 10.9 Å². The van der Waals surface area contributed by atoms with Gasteiger partial charge in [0.1, 0.15) is 0 Å². The standard InChI is InChI=1S/C62H39N3/c1-4-18-40(19-5-1)43-24-16-26-45(34-43)57-37-50(44-25-17-27-46(35-44)61-64-58(41-20-6-2-7-21-41)39-59(65-61)42-22-8-3-9-23-42)52-36-51-49-30-12-15-33-55(49)62(56(51)38-60(52)63-57)53-31-13-10-28-47(53)48-29-11-14-32-54(48)62/h1-39H. The molecule has 3 heteroatoms. The van der Waals surface area contributed by atoms with Gasteiger partial charge in [0.25, 0.3) is 0 Å². The lowest BCUT2D eigenvalue weighted by Crippen LogP contribution is -2.25. The fourth-order valence-electron chi connectivity index (χ4n) is 10.6. The Morgan fingerprint density at radius 3 is 1.29 bits per heavy atom. The van der Waals surface area contributed by atoms with Crippen LogP contribution in [0.15, 0.2) is 237 Å². The minimum atomic E-state index is -0.476. The van der Waals surface area contributed by atoms with Gasteiger partial charge in [0.2, 0.25) is 0 Å². The minimum Gasteiger partial charge on any atom is -0.248 e. The smallest absolute Gasteiger partial charge is 0.160 e. The highest BCUT2D eigenvalue weighted by Gasteiger charge is 2.51. The number of aromatic nitrogens is 3. The highest BCUT2D eigenvalue weighted by molar-refractivity contribution is 6.04. The lowest BCUT2D eigenvalue weighted by atomic mass is 9.70. The number of hydrogen-bond acceptors (Lipinski definition) is 3. The van der Waals surface area contributed by atoms with E-state index in [4.69, 9.17) is 15.0 Å². The van der Waals surface area contributed by atoms with Gasteiger partial charge >= 0.3 is 0 Å². The number of pyridine rings is 1. The summed E-state index contributed by atoms with van der Waals surface area (Å²) in [5, 5.41) is 1.10. The molecule has 0 saturated carbocycles. The first-order valence-corrected chi connectivity index (χ1v) is 22.3. The van der Waals surface area contributed by atoms with Gasteiger partial charge in [0, 0.05) is 27.6 Å². The molecule has 0 radical (unpaired) electrons. The summed E-state index contributed by atoms with van der Waals surface area (Å²) in [5.74, 6) is 0.677. The van der Waals surface area contributed by atoms with Crippen LogP contribution in [0.1, 0.15) is 22.3 Å². The van der Waals surface area contributed by atoms with Gasteiger partial charge in [0.05, 0.1) is 28.0 Å². The second kappa shape index (κ2) is 14.8. The van der Waals surface area contributed by atoms with Crippen molar-refractivity contribution in [1.29, 1.82) is 0 Å². The average Bonchev–Trinajstić information content (AvgIpc) is 3.85. The maximum atomic E-state index is 5.62. The lowest BCUT2D eigenvalue weighted by Gasteiger charge is -2.30. The zero-order valence-corrected chi connectivity index (χ0v) is 35.4. The number of hydrogen-bond donors (Lipinski definition) is 0. The summed E-state index contributed by atoms with van der Waals surface area (Å²) in [5.41, 5.74) is 22.1. The third-order valence-corrected chi connectivity index (χ3v) is 13.5. The Kier molecular flexibility index (Phi) is 8.44. The molecule has 1 spiro atoms. The van der Waals surface area contributed by atoms with Crippen molar-refractivity contribution in [2.45, 2.75) is 5.41 Å². The first kappa shape index (κ1) is 37.1. The summed E-state index contributed by atoms with van der Waals surface area (Å²) in [6.07, 6.45) is 0. The molecule has 2 aromatic heterocycles. The molecule has 0 amide bonds. The van der Waals surface area contributed by atoms with Crippen molar-refractivity contribution in [2.75, 3.05) is 0 Å². The Morgan fingerprint density at radius 1 is 0.246 bits per heavy atom. The molecular formula is C62H39N3. The van der Waals surface area contributed by atoms with E-state index in [0.29, 0.717) is 5.82 Å². The topological polar surface area (TPSA) is 38.7 Å². The monoisotopic (exact) mass is 825 g/mol. The molecular weight excluding hydrogens is 787 g/mol. The lowest BCUT2D eigenvalue weighted by molar-refractivity contribution is 0.794. The molecule has 0 atom stereocenters. The number of fused-ring (bicyclic) bond motifs is 11. The van der Waals surface area contributed by atoms with Crippen molar-refractivity contribution in [3.8, 4) is 89.7 Å². The van der Waals surface area contributed by atoms with E-state index in [1.165, 1.54) is 50.1 Å². The van der Waals surface area contributed by atoms with Gasteiger partial charge in [-0.3, -0.25) is 0 Å². The van der Waals surface area contributed by atoms with Gasteiger partial charge in [-0.1, -0.05) is 200 Å². The zero-order valence-electron chi connectivity index (χ0n) is 35.4. The summed E-state index contributed by atoms with van der Waals surface area (Å²) >= 11 is 0. The van der Waals surface area contributed by atoms with Gasteiger partial charge < -0.3 is 0 Å². The molecule has 2 heterocycles. The minimum absolute atomic E-state index is 0.476. The maximum Gasteiger partial charge on any atom is 0.160 e. The molecule has 2 aliphatic rings. The maximum absolute atomic E-state index is 5.62. The highest BCUT2D eigenvalue weighted by Crippen LogP contribution is 2.63. The van der Waals surface area contributed by atoms with Crippen LogP contribution >= 0.6 is 0 Å². The Labute approximate surface area is 378 Å². The van der Waals surface area contributed by atoms with Crippen LogP contribution in [-0.2, 0) is 5.41 Å². The quantitative estimate of drug-likeness (QED) is 0.168. The second-order valence-electron chi connectivity index (χ2n) is 17.1. The van der Waals surface area contributed by atoms with Crippen molar-refractivity contribution in [2.24, 2.45) is 0 Å². The molecule has 0 fully saturated rings. The summed E-state index contributed by atoms with van der Waals surface area (Å²) in [6, 6.07) is 85.0. The number of nitrogens with zero attached hydrogens (tertiary/aromatic N) is 3. The van der Waals surface area contributed by atoms with Gasteiger partial charge in [-0.25, -0.2) is 15.0 Å². The Bertz CT molecular complexity index is 3550. The van der Waals surface area contributed by atoms with Crippen molar-refractivity contribution in [3.05, 3.63) is 259 Å². The fraction of sp³-hybridized carbons (Fsp3) is 0.0161. The molecule has 11 aromatic rings. The Balaban J connectivity index is 1.06. The molecule has 0 saturated heterocycles. The van der Waals surface area contributed by atoms with Crippen LogP contribution < -0.4 is 0 Å². The predicted molar refractivity (Wildman–Crippen MR) is 266 cm³/mol. The highest BCUT2D eigenvalue weighted by atomic mass is 14.9. The molecule has 0 unspecified atom stereocenters. The second-order valence-corrected chi connectivity index (χ2v) is 17.1. The predicted octanol–water partition coefficient (Wildman–Crippen LogP) is 15.4. The number of benzene rings is 9. The molecule has 0 N–H and O–H groups in total. The van der Waals surface area contributed by atoms with E-state index < -0.39 is 5.41 Å². The molecule has 65 heavy (non-hydrogen) atoms. The third-order valence-electron chi connectivity index (χ3n) is 13.5. The van der Waals surface area contributed by atoms with E-state index in [1.54, 1.807) is 0 Å². The van der Waals surface area contributed by atoms with Crippen LogP contribution in [0.25, 0.3) is 101 Å². The van der Waals surface area contributed by atoms with E-state index in [2.05, 4.69) is 224 Å². The summed E-state index contributed by atoms with van der Waals surface area (Å²) in [4.78, 5) is 16.1. The van der Waals surface area contributed by atoms with Crippen molar-refractivity contribution < 1.29 is 0 Å². The van der Waals surface area contributed by atoms with Gasteiger partial charge in [-0.2, -0.15) is 0 Å². The van der Waals surface area contributed by atoms with Crippen LogP contribution in [0, 0.1) is 0 Å². The molecule has 302 valence electrons. The normalized spacial score (nSPS) is 12.7. The Morgan fingerprint density at radius 2 is 0.692 bits per heavy atom. The molecule has 2 aliphatic carbocycles. The van der Waals surface area contributed by atoms with Crippen LogP contribution in [0.4, 0.5) is 0 Å². The molecule has 13 rings (SSSR count). The van der Waals surface area contributed by atoms with Gasteiger partial charge in [-0.05, 0) is 103 Å². The number of rotatable bonds is 6. The summed E-state index contributed by atoms with van der Waals surface area (Å²) in [6.45, 7) is 0. The van der Waals surface area contributed by atoms with E-state index in [1.807, 2.05) is 12.1 Å². The van der Waals surface area contributed by atoms with Crippen molar-refractivity contribution in [3.63, 3.8) is 0 Å². The zero-order chi connectivity index (χ0) is 42.9. The third kappa shape index (κ3) is 5.86. The van der Waals surface area contributed by atoms with E-state index >= 15 is 0 Å². The van der Waals surface area contributed by atoms with E-state index in [9.17, 15) is 0 Å². The largest absolute Gasteiger partial charge is 0.248 e. The van der Waals surface area contributed by atoms with Crippen LogP contribution in [0.2, 0.25) is 0 Å². The summed E-state index contributed by atoms with van der Waals surface area (Å²) in [7, 11) is 0. The average molecular weight is 826 g/mol. The SMILES string of the molecule is c1ccc(-c2cccc(-c3cc(-c4cccc(-c5nc(-c6ccccc6)cc(-c6ccccc6)n5)c4)c4cc5c(cc4n3)C3(c4ccccc4-c4ccccc43)c3ccccc3-5)c2)cc1. The van der Waals surface area contributed by atoms with Gasteiger partial charge in [0.15, 0.2) is 5.82 Å². The Hall–Kier alpha value is -8.53. The first-order valence-electron chi connectivity index (χ1n) is 22.3. The summed E-state index contributed by atoms with van der Waals surface area (Å²) < 4.78 is 0. The van der Waals surface area contributed by atoms with Crippen LogP contribution in [0.5, 0.6) is 0 Å². The van der Waals surface area contributed by atoms with Crippen LogP contribution in [0.3, 0.4) is 0 Å². The van der Waals surface area contributed by atoms with Crippen molar-refractivity contribution in [1.82, 2.24) is 15.0 Å². The van der Waals surface area contributed by atoms with Gasteiger partial charge in [-0.15, -0.1) is 0 Å². The molecule has 9 aromatic carbocycles. The van der Waals surface area contributed by atoms with E-state index in [0.717, 1.165) is 66.9 Å². The molecule has 0 bridgehead atoms. The molecule has 3 nitrogen and oxygen atoms in total. The fourth-order valence-corrected chi connectivity index (χ4v) is 10.6. The van der Waals surface area contributed by atoms with E-state index in [-0.39, 0.29) is 0 Å². The first-order chi connectivity index (χ1) is 32.2. The molecule has 0 aliphatic heterocycles. The van der Waals surface area contributed by atoms with Crippen LogP contribution in [-0.4, -0.2) is 15.0 Å².